The lowest BCUT2D eigenvalue weighted by molar-refractivity contribution is 0.354. The quantitative estimate of drug-likeness (QED) is 0.206. The summed E-state index contributed by atoms with van der Waals surface area (Å²) in [5.41, 5.74) is 5.70. The zero-order chi connectivity index (χ0) is 26.4. The minimum atomic E-state index is -0.675. The monoisotopic (exact) mass is 501 g/mol. The standard InChI is InChI=1S/C38H31N/c1-7-19-31(20-8-1)37(32-21-9-2-10-22-32,33-23-11-3-12-24-33)39-38(34-25-13-4-14-26-34,35-27-15-5-16-28-35)36-29-17-6-18-30-36/h1-30,39H. The normalized spacial score (nSPS) is 11.7. The number of rotatable bonds is 8. The summed E-state index contributed by atoms with van der Waals surface area (Å²) in [5, 5.41) is 4.38. The first-order chi connectivity index (χ1) is 19.3. The summed E-state index contributed by atoms with van der Waals surface area (Å²) < 4.78 is 0. The molecule has 0 aliphatic carbocycles. The summed E-state index contributed by atoms with van der Waals surface area (Å²) in [7, 11) is 0. The van der Waals surface area contributed by atoms with Gasteiger partial charge in [-0.2, -0.15) is 0 Å². The highest BCUT2D eigenvalue weighted by Crippen LogP contribution is 2.45. The van der Waals surface area contributed by atoms with Crippen molar-refractivity contribution in [1.82, 2.24) is 5.32 Å². The summed E-state index contributed by atoms with van der Waals surface area (Å²) >= 11 is 0. The highest BCUT2D eigenvalue weighted by atomic mass is 15.1. The Hall–Kier alpha value is -4.72. The van der Waals surface area contributed by atoms with Crippen LogP contribution in [0.2, 0.25) is 0 Å². The second kappa shape index (κ2) is 10.9. The van der Waals surface area contributed by atoms with Gasteiger partial charge in [-0.1, -0.05) is 182 Å². The predicted molar refractivity (Wildman–Crippen MR) is 162 cm³/mol. The van der Waals surface area contributed by atoms with Crippen LogP contribution in [0.4, 0.5) is 0 Å². The van der Waals surface area contributed by atoms with Crippen LogP contribution in [0.5, 0.6) is 0 Å². The molecule has 0 aromatic heterocycles. The lowest BCUT2D eigenvalue weighted by atomic mass is 9.70. The summed E-state index contributed by atoms with van der Waals surface area (Å²) in [6.07, 6.45) is 0. The fourth-order valence-corrected chi connectivity index (χ4v) is 5.84. The maximum Gasteiger partial charge on any atom is 0.0959 e. The van der Waals surface area contributed by atoms with Crippen LogP contribution >= 0.6 is 0 Å². The second-order valence-corrected chi connectivity index (χ2v) is 9.82. The molecule has 1 heteroatoms. The molecule has 6 aromatic rings. The van der Waals surface area contributed by atoms with Crippen LogP contribution in [0.3, 0.4) is 0 Å². The minimum Gasteiger partial charge on any atom is -0.283 e. The summed E-state index contributed by atoms with van der Waals surface area (Å²) in [5.74, 6) is 0. The summed E-state index contributed by atoms with van der Waals surface area (Å²) in [6, 6.07) is 64.9. The third-order valence-corrected chi connectivity index (χ3v) is 7.62. The molecule has 0 bridgehead atoms. The van der Waals surface area contributed by atoms with Gasteiger partial charge in [-0.05, 0) is 33.4 Å². The molecule has 0 heterocycles. The van der Waals surface area contributed by atoms with Crippen molar-refractivity contribution >= 4 is 0 Å². The van der Waals surface area contributed by atoms with Gasteiger partial charge in [-0.3, -0.25) is 5.32 Å². The first kappa shape index (κ1) is 24.6. The Morgan fingerprint density at radius 2 is 0.385 bits per heavy atom. The van der Waals surface area contributed by atoms with E-state index in [1.807, 2.05) is 0 Å². The molecule has 188 valence electrons. The van der Waals surface area contributed by atoms with Crippen LogP contribution < -0.4 is 5.32 Å². The molecule has 0 spiro atoms. The second-order valence-electron chi connectivity index (χ2n) is 9.82. The Labute approximate surface area is 231 Å². The van der Waals surface area contributed by atoms with Crippen molar-refractivity contribution in [3.05, 3.63) is 215 Å². The van der Waals surface area contributed by atoms with E-state index >= 15 is 0 Å². The molecule has 0 atom stereocenters. The maximum atomic E-state index is 4.38. The van der Waals surface area contributed by atoms with E-state index in [1.165, 1.54) is 33.4 Å². The van der Waals surface area contributed by atoms with Crippen LogP contribution in [0.1, 0.15) is 33.4 Å². The molecule has 0 saturated carbocycles. The molecule has 0 aliphatic rings. The molecule has 6 rings (SSSR count). The van der Waals surface area contributed by atoms with Crippen LogP contribution in [0, 0.1) is 0 Å². The first-order valence-corrected chi connectivity index (χ1v) is 13.5. The van der Waals surface area contributed by atoms with E-state index in [4.69, 9.17) is 0 Å². The van der Waals surface area contributed by atoms with Gasteiger partial charge >= 0.3 is 0 Å². The molecular weight excluding hydrogens is 470 g/mol. The van der Waals surface area contributed by atoms with E-state index in [-0.39, 0.29) is 0 Å². The minimum absolute atomic E-state index is 0.675. The van der Waals surface area contributed by atoms with Gasteiger partial charge in [0.15, 0.2) is 0 Å². The molecule has 6 aromatic carbocycles. The van der Waals surface area contributed by atoms with E-state index in [0.717, 1.165) is 0 Å². The van der Waals surface area contributed by atoms with Gasteiger partial charge in [-0.25, -0.2) is 0 Å². The number of hydrogen-bond donors (Lipinski definition) is 1. The van der Waals surface area contributed by atoms with E-state index in [0.29, 0.717) is 0 Å². The molecule has 1 nitrogen and oxygen atoms in total. The zero-order valence-electron chi connectivity index (χ0n) is 21.8. The Kier molecular flexibility index (Phi) is 6.91. The van der Waals surface area contributed by atoms with Crippen molar-refractivity contribution in [2.75, 3.05) is 0 Å². The fraction of sp³-hybridized carbons (Fsp3) is 0.0526. The van der Waals surface area contributed by atoms with Gasteiger partial charge in [0.25, 0.3) is 0 Å². The Morgan fingerprint density at radius 3 is 0.538 bits per heavy atom. The highest BCUT2D eigenvalue weighted by Gasteiger charge is 2.46. The molecule has 39 heavy (non-hydrogen) atoms. The van der Waals surface area contributed by atoms with Gasteiger partial charge in [0.1, 0.15) is 0 Å². The van der Waals surface area contributed by atoms with Crippen LogP contribution in [0.15, 0.2) is 182 Å². The van der Waals surface area contributed by atoms with Crippen molar-refractivity contribution in [2.45, 2.75) is 11.1 Å². The van der Waals surface area contributed by atoms with Crippen molar-refractivity contribution in [3.8, 4) is 0 Å². The van der Waals surface area contributed by atoms with Gasteiger partial charge < -0.3 is 0 Å². The van der Waals surface area contributed by atoms with Crippen molar-refractivity contribution in [3.63, 3.8) is 0 Å². The van der Waals surface area contributed by atoms with E-state index in [2.05, 4.69) is 187 Å². The summed E-state index contributed by atoms with van der Waals surface area (Å²) in [4.78, 5) is 0. The Bertz CT molecular complexity index is 1260. The average Bonchev–Trinajstić information content (AvgIpc) is 3.04. The predicted octanol–water partition coefficient (Wildman–Crippen LogP) is 8.56. The molecule has 0 unspecified atom stereocenters. The van der Waals surface area contributed by atoms with Crippen LogP contribution in [-0.4, -0.2) is 0 Å². The maximum absolute atomic E-state index is 4.38. The molecule has 0 fully saturated rings. The van der Waals surface area contributed by atoms with Gasteiger partial charge in [-0.15, -0.1) is 0 Å². The molecule has 0 saturated heterocycles. The van der Waals surface area contributed by atoms with Gasteiger partial charge in [0.2, 0.25) is 0 Å². The van der Waals surface area contributed by atoms with E-state index in [9.17, 15) is 0 Å². The molecular formula is C38H31N. The summed E-state index contributed by atoms with van der Waals surface area (Å²) in [6.45, 7) is 0. The molecule has 0 radical (unpaired) electrons. The average molecular weight is 502 g/mol. The molecule has 0 amide bonds. The lowest BCUT2D eigenvalue weighted by Gasteiger charge is -2.47. The van der Waals surface area contributed by atoms with Crippen molar-refractivity contribution in [1.29, 1.82) is 0 Å². The van der Waals surface area contributed by atoms with E-state index in [1.54, 1.807) is 0 Å². The number of nitrogens with one attached hydrogen (secondary N) is 1. The number of benzene rings is 6. The van der Waals surface area contributed by atoms with Crippen molar-refractivity contribution in [2.24, 2.45) is 0 Å². The lowest BCUT2D eigenvalue weighted by Crippen LogP contribution is -2.57. The van der Waals surface area contributed by atoms with Gasteiger partial charge in [0.05, 0.1) is 11.1 Å². The molecule has 1 N–H and O–H groups in total. The smallest absolute Gasteiger partial charge is 0.0959 e. The Balaban J connectivity index is 1.76. The SMILES string of the molecule is c1ccc(C(NC(c2ccccc2)(c2ccccc2)c2ccccc2)(c2ccccc2)c2ccccc2)cc1. The van der Waals surface area contributed by atoms with Crippen LogP contribution in [0.25, 0.3) is 0 Å². The third kappa shape index (κ3) is 4.48. The number of hydrogen-bond acceptors (Lipinski definition) is 1. The molecule has 0 aliphatic heterocycles. The topological polar surface area (TPSA) is 12.0 Å². The van der Waals surface area contributed by atoms with Crippen LogP contribution in [-0.2, 0) is 11.1 Å². The largest absolute Gasteiger partial charge is 0.283 e. The fourth-order valence-electron chi connectivity index (χ4n) is 5.84. The van der Waals surface area contributed by atoms with Crippen molar-refractivity contribution < 1.29 is 0 Å². The zero-order valence-corrected chi connectivity index (χ0v) is 21.8. The Morgan fingerprint density at radius 1 is 0.231 bits per heavy atom. The van der Waals surface area contributed by atoms with Gasteiger partial charge in [0, 0.05) is 0 Å². The third-order valence-electron chi connectivity index (χ3n) is 7.62. The van der Waals surface area contributed by atoms with E-state index < -0.39 is 11.1 Å². The highest BCUT2D eigenvalue weighted by molar-refractivity contribution is 5.56. The first-order valence-electron chi connectivity index (χ1n) is 13.5.